The van der Waals surface area contributed by atoms with Gasteiger partial charge in [-0.25, -0.2) is 4.98 Å². The Balaban J connectivity index is 1.43. The largest absolute Gasteiger partial charge is 0.497 e. The molecule has 1 fully saturated rings. The van der Waals surface area contributed by atoms with Gasteiger partial charge in [-0.15, -0.1) is 0 Å². The molecule has 0 N–H and O–H groups in total. The summed E-state index contributed by atoms with van der Waals surface area (Å²) in [4.78, 5) is 14.4. The molecule has 2 aliphatic heterocycles. The van der Waals surface area contributed by atoms with Crippen LogP contribution in [-0.2, 0) is 24.2 Å². The molecule has 3 aromatic rings. The molecule has 0 amide bonds. The van der Waals surface area contributed by atoms with Crippen LogP contribution in [0.2, 0.25) is 0 Å². The summed E-state index contributed by atoms with van der Waals surface area (Å²) in [5, 5.41) is 0. The number of rotatable bonds is 6. The normalized spacial score (nSPS) is 16.5. The van der Waals surface area contributed by atoms with E-state index < -0.39 is 0 Å². The number of benzene rings is 2. The zero-order valence-corrected chi connectivity index (χ0v) is 18.4. The van der Waals surface area contributed by atoms with Crippen molar-refractivity contribution in [3.05, 3.63) is 71.4 Å². The van der Waals surface area contributed by atoms with Crippen molar-refractivity contribution in [2.45, 2.75) is 19.5 Å². The fourth-order valence-electron chi connectivity index (χ4n) is 4.18. The Labute approximate surface area is 188 Å². The van der Waals surface area contributed by atoms with E-state index in [-0.39, 0.29) is 0 Å². The Bertz CT molecular complexity index is 1050. The highest BCUT2D eigenvalue weighted by Gasteiger charge is 2.26. The average molecular weight is 433 g/mol. The van der Waals surface area contributed by atoms with Crippen LogP contribution in [0.5, 0.6) is 17.4 Å². The van der Waals surface area contributed by atoms with Crippen LogP contribution in [-0.4, -0.2) is 54.8 Å². The van der Waals surface area contributed by atoms with Gasteiger partial charge in [-0.3, -0.25) is 4.90 Å². The van der Waals surface area contributed by atoms with Gasteiger partial charge in [0.15, 0.2) is 0 Å². The summed E-state index contributed by atoms with van der Waals surface area (Å²) >= 11 is 0. The average Bonchev–Trinajstić information content (AvgIpc) is 2.85. The van der Waals surface area contributed by atoms with Crippen LogP contribution in [0.15, 0.2) is 54.6 Å². The molecule has 2 aliphatic rings. The number of hydrogen-bond acceptors (Lipinski definition) is 7. The van der Waals surface area contributed by atoms with Crippen molar-refractivity contribution in [2.24, 2.45) is 0 Å². The monoisotopic (exact) mass is 432 g/mol. The predicted molar refractivity (Wildman–Crippen MR) is 122 cm³/mol. The molecule has 7 heteroatoms. The molecule has 0 radical (unpaired) electrons. The minimum Gasteiger partial charge on any atom is -0.497 e. The van der Waals surface area contributed by atoms with E-state index in [2.05, 4.69) is 21.9 Å². The minimum absolute atomic E-state index is 0.651. The topological polar surface area (TPSA) is 60.0 Å². The maximum atomic E-state index is 6.29. The highest BCUT2D eigenvalue weighted by molar-refractivity contribution is 5.44. The van der Waals surface area contributed by atoms with Crippen molar-refractivity contribution in [2.75, 3.05) is 44.9 Å². The molecule has 166 valence electrons. The van der Waals surface area contributed by atoms with Gasteiger partial charge in [0, 0.05) is 39.1 Å². The summed E-state index contributed by atoms with van der Waals surface area (Å²) < 4.78 is 17.2. The molecular formula is C25H28N4O3. The summed E-state index contributed by atoms with van der Waals surface area (Å²) in [6.07, 6.45) is 0.865. The lowest BCUT2D eigenvalue weighted by molar-refractivity contribution is 0.122. The lowest BCUT2D eigenvalue weighted by Gasteiger charge is -2.32. The Morgan fingerprint density at radius 2 is 1.75 bits per heavy atom. The first-order valence-electron chi connectivity index (χ1n) is 11.1. The number of anilines is 1. The van der Waals surface area contributed by atoms with Crippen molar-refractivity contribution < 1.29 is 14.2 Å². The number of fused-ring (bicyclic) bond motifs is 1. The van der Waals surface area contributed by atoms with E-state index in [1.165, 1.54) is 5.56 Å². The number of nitrogens with zero attached hydrogens (tertiary/aromatic N) is 4. The maximum Gasteiger partial charge on any atom is 0.229 e. The molecule has 5 rings (SSSR count). The first kappa shape index (κ1) is 20.7. The van der Waals surface area contributed by atoms with E-state index >= 15 is 0 Å². The first-order chi connectivity index (χ1) is 15.8. The van der Waals surface area contributed by atoms with E-state index in [1.807, 2.05) is 42.5 Å². The van der Waals surface area contributed by atoms with Crippen LogP contribution < -0.4 is 14.4 Å². The molecule has 0 aliphatic carbocycles. The highest BCUT2D eigenvalue weighted by Crippen LogP contribution is 2.32. The quantitative estimate of drug-likeness (QED) is 0.589. The van der Waals surface area contributed by atoms with Crippen LogP contribution in [0, 0.1) is 0 Å². The number of morpholine rings is 1. The molecule has 7 nitrogen and oxygen atoms in total. The molecule has 0 atom stereocenters. The van der Waals surface area contributed by atoms with E-state index in [0.29, 0.717) is 19.1 Å². The summed E-state index contributed by atoms with van der Waals surface area (Å²) in [5.41, 5.74) is 3.37. The van der Waals surface area contributed by atoms with Gasteiger partial charge in [-0.1, -0.05) is 30.3 Å². The zero-order chi connectivity index (χ0) is 21.8. The van der Waals surface area contributed by atoms with Gasteiger partial charge in [0.25, 0.3) is 0 Å². The first-order valence-corrected chi connectivity index (χ1v) is 11.1. The van der Waals surface area contributed by atoms with Gasteiger partial charge >= 0.3 is 0 Å². The van der Waals surface area contributed by atoms with E-state index in [0.717, 1.165) is 67.8 Å². The van der Waals surface area contributed by atoms with Gasteiger partial charge in [-0.2, -0.15) is 4.98 Å². The molecular weight excluding hydrogens is 404 g/mol. The Hall–Kier alpha value is -3.16. The van der Waals surface area contributed by atoms with E-state index in [4.69, 9.17) is 24.2 Å². The number of aromatic nitrogens is 2. The number of ether oxygens (including phenoxy) is 3. The van der Waals surface area contributed by atoms with Crippen molar-refractivity contribution in [3.8, 4) is 17.4 Å². The molecule has 32 heavy (non-hydrogen) atoms. The van der Waals surface area contributed by atoms with Gasteiger partial charge in [0.05, 0.1) is 31.6 Å². The molecule has 0 bridgehead atoms. The van der Waals surface area contributed by atoms with Crippen LogP contribution in [0.3, 0.4) is 0 Å². The minimum atomic E-state index is 0.651. The van der Waals surface area contributed by atoms with Crippen LogP contribution in [0.4, 0.5) is 5.95 Å². The van der Waals surface area contributed by atoms with Crippen LogP contribution in [0.1, 0.15) is 16.8 Å². The number of methoxy groups -OCH3 is 1. The third kappa shape index (κ3) is 4.69. The summed E-state index contributed by atoms with van der Waals surface area (Å²) in [6, 6.07) is 18.1. The van der Waals surface area contributed by atoms with E-state index in [1.54, 1.807) is 7.11 Å². The summed E-state index contributed by atoms with van der Waals surface area (Å²) in [5.74, 6) is 3.05. The second-order valence-corrected chi connectivity index (χ2v) is 8.08. The maximum absolute atomic E-state index is 6.29. The van der Waals surface area contributed by atoms with Gasteiger partial charge in [0.1, 0.15) is 11.5 Å². The third-order valence-corrected chi connectivity index (χ3v) is 5.88. The molecule has 0 spiro atoms. The van der Waals surface area contributed by atoms with Crippen LogP contribution >= 0.6 is 0 Å². The molecule has 3 heterocycles. The standard InChI is InChI=1S/C25H28N4O3/c1-30-21-9-5-6-19(16-21)17-28-11-10-23-22(18-28)24(32-20-7-3-2-4-8-20)27-25(26-23)29-12-14-31-15-13-29/h2-9,16H,10-15,17-18H2,1H3. The Morgan fingerprint density at radius 3 is 2.56 bits per heavy atom. The van der Waals surface area contributed by atoms with Crippen LogP contribution in [0.25, 0.3) is 0 Å². The summed E-state index contributed by atoms with van der Waals surface area (Å²) in [7, 11) is 1.70. The lowest BCUT2D eigenvalue weighted by atomic mass is 10.1. The fraction of sp³-hybridized carbons (Fsp3) is 0.360. The molecule has 0 unspecified atom stereocenters. The third-order valence-electron chi connectivity index (χ3n) is 5.88. The molecule has 1 aromatic heterocycles. The number of para-hydroxylation sites is 1. The highest BCUT2D eigenvalue weighted by atomic mass is 16.5. The van der Waals surface area contributed by atoms with E-state index in [9.17, 15) is 0 Å². The predicted octanol–water partition coefficient (Wildman–Crippen LogP) is 3.67. The Kier molecular flexibility index (Phi) is 6.18. The van der Waals surface area contributed by atoms with Crippen molar-refractivity contribution in [1.29, 1.82) is 0 Å². The van der Waals surface area contributed by atoms with Crippen molar-refractivity contribution in [3.63, 3.8) is 0 Å². The number of hydrogen-bond donors (Lipinski definition) is 0. The van der Waals surface area contributed by atoms with Gasteiger partial charge in [-0.05, 0) is 29.8 Å². The second-order valence-electron chi connectivity index (χ2n) is 8.08. The second kappa shape index (κ2) is 9.54. The van der Waals surface area contributed by atoms with Gasteiger partial charge in [0.2, 0.25) is 11.8 Å². The molecule has 0 saturated carbocycles. The SMILES string of the molecule is COc1cccc(CN2CCc3nc(N4CCOCC4)nc(Oc4ccccc4)c3C2)c1. The molecule has 1 saturated heterocycles. The Morgan fingerprint density at radius 1 is 0.938 bits per heavy atom. The smallest absolute Gasteiger partial charge is 0.229 e. The van der Waals surface area contributed by atoms with Crippen molar-refractivity contribution >= 4 is 5.95 Å². The summed E-state index contributed by atoms with van der Waals surface area (Å²) in [6.45, 7) is 5.52. The zero-order valence-electron chi connectivity index (χ0n) is 18.4. The fourth-order valence-corrected chi connectivity index (χ4v) is 4.18. The molecule has 2 aromatic carbocycles. The van der Waals surface area contributed by atoms with Crippen molar-refractivity contribution in [1.82, 2.24) is 14.9 Å². The van der Waals surface area contributed by atoms with Gasteiger partial charge < -0.3 is 19.1 Å². The lowest BCUT2D eigenvalue weighted by Crippen LogP contribution is -2.38.